The van der Waals surface area contributed by atoms with Gasteiger partial charge in [0.05, 0.1) is 18.5 Å². The zero-order chi connectivity index (χ0) is 11.4. The Kier molecular flexibility index (Phi) is 3.78. The van der Waals surface area contributed by atoms with Gasteiger partial charge < -0.3 is 10.5 Å². The number of hydrogen-bond donors (Lipinski definition) is 1. The van der Waals surface area contributed by atoms with E-state index >= 15 is 0 Å². The normalized spacial score (nSPS) is 17.1. The second-order valence-electron chi connectivity index (χ2n) is 4.51. The number of hydrogen-bond acceptors (Lipinski definition) is 3. The van der Waals surface area contributed by atoms with Crippen molar-refractivity contribution in [2.45, 2.75) is 38.6 Å². The Bertz CT molecular complexity index is 319. The summed E-state index contributed by atoms with van der Waals surface area (Å²) in [6, 6.07) is 3.96. The minimum absolute atomic E-state index is 0.0421. The number of ether oxygens (including phenoxy) is 1. The van der Waals surface area contributed by atoms with Crippen molar-refractivity contribution in [3.63, 3.8) is 0 Å². The average Bonchev–Trinajstić information content (AvgIpc) is 3.13. The van der Waals surface area contributed by atoms with Gasteiger partial charge in [-0.25, -0.2) is 0 Å². The summed E-state index contributed by atoms with van der Waals surface area (Å²) < 4.78 is 5.62. The summed E-state index contributed by atoms with van der Waals surface area (Å²) >= 11 is 0. The molecule has 16 heavy (non-hydrogen) atoms. The molecule has 1 fully saturated rings. The molecule has 0 unspecified atom stereocenters. The standard InChI is InChI=1S/C13H20N2O/c1-2-12(14)13-6-5-11(9-15-13)16-8-7-10-3-4-10/h5-6,9-10,12H,2-4,7-8,14H2,1H3/t12-/m0/s1. The Morgan fingerprint density at radius 3 is 2.88 bits per heavy atom. The summed E-state index contributed by atoms with van der Waals surface area (Å²) in [5, 5.41) is 0. The van der Waals surface area contributed by atoms with Crippen LogP contribution in [0.15, 0.2) is 18.3 Å². The molecule has 0 amide bonds. The molecule has 0 aliphatic heterocycles. The van der Waals surface area contributed by atoms with Crippen LogP contribution in [0.25, 0.3) is 0 Å². The highest BCUT2D eigenvalue weighted by Crippen LogP contribution is 2.32. The third-order valence-electron chi connectivity index (χ3n) is 3.07. The molecule has 2 rings (SSSR count). The lowest BCUT2D eigenvalue weighted by Crippen LogP contribution is -2.10. The Hall–Kier alpha value is -1.09. The largest absolute Gasteiger partial charge is 0.492 e. The molecule has 0 aromatic carbocycles. The first kappa shape index (κ1) is 11.4. The molecule has 0 spiro atoms. The van der Waals surface area contributed by atoms with E-state index in [0.717, 1.165) is 30.4 Å². The topological polar surface area (TPSA) is 48.1 Å². The van der Waals surface area contributed by atoms with Crippen LogP contribution in [0.4, 0.5) is 0 Å². The molecule has 0 radical (unpaired) electrons. The van der Waals surface area contributed by atoms with E-state index in [-0.39, 0.29) is 6.04 Å². The Morgan fingerprint density at radius 1 is 1.50 bits per heavy atom. The van der Waals surface area contributed by atoms with Gasteiger partial charge in [0, 0.05) is 6.04 Å². The van der Waals surface area contributed by atoms with Crippen LogP contribution < -0.4 is 10.5 Å². The van der Waals surface area contributed by atoms with E-state index in [1.165, 1.54) is 19.3 Å². The fraction of sp³-hybridized carbons (Fsp3) is 0.615. The Morgan fingerprint density at radius 2 is 2.31 bits per heavy atom. The first-order chi connectivity index (χ1) is 7.79. The van der Waals surface area contributed by atoms with E-state index in [2.05, 4.69) is 11.9 Å². The number of rotatable bonds is 6. The van der Waals surface area contributed by atoms with Crippen molar-refractivity contribution < 1.29 is 4.74 Å². The Balaban J connectivity index is 1.80. The highest BCUT2D eigenvalue weighted by atomic mass is 16.5. The monoisotopic (exact) mass is 220 g/mol. The predicted molar refractivity (Wildman–Crippen MR) is 64.3 cm³/mol. The molecule has 88 valence electrons. The van der Waals surface area contributed by atoms with Crippen LogP contribution in [0.5, 0.6) is 5.75 Å². The third kappa shape index (κ3) is 3.20. The van der Waals surface area contributed by atoms with E-state index in [0.29, 0.717) is 0 Å². The lowest BCUT2D eigenvalue weighted by atomic mass is 10.1. The summed E-state index contributed by atoms with van der Waals surface area (Å²) in [4.78, 5) is 4.31. The Labute approximate surface area is 97.0 Å². The number of nitrogens with two attached hydrogens (primary N) is 1. The molecule has 1 aliphatic carbocycles. The maximum Gasteiger partial charge on any atom is 0.137 e. The summed E-state index contributed by atoms with van der Waals surface area (Å²) in [5.74, 6) is 1.77. The molecule has 1 atom stereocenters. The van der Waals surface area contributed by atoms with Crippen molar-refractivity contribution in [2.24, 2.45) is 11.7 Å². The molecule has 1 heterocycles. The van der Waals surface area contributed by atoms with E-state index in [9.17, 15) is 0 Å². The van der Waals surface area contributed by atoms with E-state index in [1.807, 2.05) is 12.1 Å². The molecule has 1 saturated carbocycles. The zero-order valence-electron chi connectivity index (χ0n) is 9.86. The molecular weight excluding hydrogens is 200 g/mol. The zero-order valence-corrected chi connectivity index (χ0v) is 9.86. The van der Waals surface area contributed by atoms with E-state index < -0.39 is 0 Å². The van der Waals surface area contributed by atoms with E-state index in [4.69, 9.17) is 10.5 Å². The summed E-state index contributed by atoms with van der Waals surface area (Å²) in [6.07, 6.45) is 6.63. The van der Waals surface area contributed by atoms with Crippen LogP contribution in [-0.2, 0) is 0 Å². The molecule has 0 saturated heterocycles. The van der Waals surface area contributed by atoms with Gasteiger partial charge in [0.25, 0.3) is 0 Å². The molecule has 1 aromatic rings. The van der Waals surface area contributed by atoms with Crippen molar-refractivity contribution in [3.05, 3.63) is 24.0 Å². The van der Waals surface area contributed by atoms with Crippen LogP contribution in [0.3, 0.4) is 0 Å². The van der Waals surface area contributed by atoms with Crippen LogP contribution in [0.2, 0.25) is 0 Å². The fourth-order valence-electron chi connectivity index (χ4n) is 1.66. The number of pyridine rings is 1. The van der Waals surface area contributed by atoms with Gasteiger partial charge in [-0.15, -0.1) is 0 Å². The van der Waals surface area contributed by atoms with Crippen molar-refractivity contribution in [3.8, 4) is 5.75 Å². The lowest BCUT2D eigenvalue weighted by Gasteiger charge is -2.09. The summed E-state index contributed by atoms with van der Waals surface area (Å²) in [6.45, 7) is 2.87. The molecule has 0 bridgehead atoms. The van der Waals surface area contributed by atoms with Gasteiger partial charge in [0.15, 0.2) is 0 Å². The lowest BCUT2D eigenvalue weighted by molar-refractivity contribution is 0.301. The van der Waals surface area contributed by atoms with Gasteiger partial charge in [0.2, 0.25) is 0 Å². The first-order valence-electron chi connectivity index (χ1n) is 6.14. The van der Waals surface area contributed by atoms with Crippen molar-refractivity contribution in [2.75, 3.05) is 6.61 Å². The van der Waals surface area contributed by atoms with Gasteiger partial charge in [-0.2, -0.15) is 0 Å². The van der Waals surface area contributed by atoms with Crippen molar-refractivity contribution >= 4 is 0 Å². The maximum atomic E-state index is 5.89. The summed E-state index contributed by atoms with van der Waals surface area (Å²) in [7, 11) is 0. The van der Waals surface area contributed by atoms with Crippen LogP contribution in [-0.4, -0.2) is 11.6 Å². The van der Waals surface area contributed by atoms with Crippen LogP contribution in [0.1, 0.15) is 44.3 Å². The van der Waals surface area contributed by atoms with Gasteiger partial charge in [-0.05, 0) is 30.9 Å². The second kappa shape index (κ2) is 5.30. The third-order valence-corrected chi connectivity index (χ3v) is 3.07. The fourth-order valence-corrected chi connectivity index (χ4v) is 1.66. The number of nitrogens with zero attached hydrogens (tertiary/aromatic N) is 1. The predicted octanol–water partition coefficient (Wildman–Crippen LogP) is 2.67. The van der Waals surface area contributed by atoms with Crippen molar-refractivity contribution in [1.82, 2.24) is 4.98 Å². The number of aromatic nitrogens is 1. The highest BCUT2D eigenvalue weighted by Gasteiger charge is 2.20. The van der Waals surface area contributed by atoms with Gasteiger partial charge in [-0.3, -0.25) is 4.98 Å². The quantitative estimate of drug-likeness (QED) is 0.801. The minimum atomic E-state index is 0.0421. The maximum absolute atomic E-state index is 5.89. The molecule has 2 N–H and O–H groups in total. The molecule has 3 heteroatoms. The minimum Gasteiger partial charge on any atom is -0.492 e. The second-order valence-corrected chi connectivity index (χ2v) is 4.51. The molecule has 3 nitrogen and oxygen atoms in total. The highest BCUT2D eigenvalue weighted by molar-refractivity contribution is 5.21. The van der Waals surface area contributed by atoms with Crippen molar-refractivity contribution in [1.29, 1.82) is 0 Å². The average molecular weight is 220 g/mol. The molecular formula is C13H20N2O. The first-order valence-corrected chi connectivity index (χ1v) is 6.14. The molecule has 1 aliphatic rings. The van der Waals surface area contributed by atoms with Crippen LogP contribution >= 0.6 is 0 Å². The molecule has 1 aromatic heterocycles. The van der Waals surface area contributed by atoms with E-state index in [1.54, 1.807) is 6.20 Å². The van der Waals surface area contributed by atoms with Gasteiger partial charge >= 0.3 is 0 Å². The van der Waals surface area contributed by atoms with Gasteiger partial charge in [0.1, 0.15) is 5.75 Å². The van der Waals surface area contributed by atoms with Gasteiger partial charge in [-0.1, -0.05) is 19.8 Å². The summed E-state index contributed by atoms with van der Waals surface area (Å²) in [5.41, 5.74) is 6.83. The van der Waals surface area contributed by atoms with Crippen LogP contribution in [0, 0.1) is 5.92 Å². The SMILES string of the molecule is CC[C@H](N)c1ccc(OCCC2CC2)cn1. The smallest absolute Gasteiger partial charge is 0.137 e.